The second kappa shape index (κ2) is 7.78. The topological polar surface area (TPSA) is 77.6 Å². The number of nitrogen functional groups attached to an aromatic ring is 1. The fourth-order valence-corrected chi connectivity index (χ4v) is 1.77. The maximum absolute atomic E-state index is 10.7. The minimum atomic E-state index is 0.0634. The number of unbranched alkanes of at least 4 members (excludes halogenated alkanes) is 3. The molecule has 1 radical (unpaired) electrons. The normalized spacial score (nSPS) is 11.5. The van der Waals surface area contributed by atoms with Crippen molar-refractivity contribution >= 4 is 28.5 Å². The summed E-state index contributed by atoms with van der Waals surface area (Å²) in [6.45, 7) is 2.65. The van der Waals surface area contributed by atoms with Gasteiger partial charge in [-0.25, -0.2) is 4.98 Å². The Bertz CT molecular complexity index is 377. The van der Waals surface area contributed by atoms with E-state index in [-0.39, 0.29) is 5.71 Å². The van der Waals surface area contributed by atoms with Crippen LogP contribution in [0.25, 0.3) is 0 Å². The number of thiazole rings is 1. The van der Waals surface area contributed by atoms with Gasteiger partial charge >= 0.3 is 0 Å². The highest BCUT2D eigenvalue weighted by molar-refractivity contribution is 7.13. The van der Waals surface area contributed by atoms with E-state index in [1.807, 2.05) is 0 Å². The molecule has 6 heteroatoms. The van der Waals surface area contributed by atoms with Gasteiger partial charge in [0.05, 0.1) is 0 Å². The molecule has 0 aromatic carbocycles. The van der Waals surface area contributed by atoms with Gasteiger partial charge in [-0.05, 0) is 12.8 Å². The molecule has 0 spiro atoms. The van der Waals surface area contributed by atoms with E-state index in [9.17, 15) is 4.79 Å². The molecule has 0 fully saturated rings. The first-order valence-electron chi connectivity index (χ1n) is 5.57. The molecular weight excluding hydrogens is 238 g/mol. The third-order valence-electron chi connectivity index (χ3n) is 2.11. The van der Waals surface area contributed by atoms with Gasteiger partial charge in [0, 0.05) is 5.38 Å². The fraction of sp³-hybridized carbons (Fsp3) is 0.545. The molecule has 1 heterocycles. The van der Waals surface area contributed by atoms with Crippen LogP contribution in [-0.4, -0.2) is 23.6 Å². The predicted octanol–water partition coefficient (Wildman–Crippen LogP) is 2.14. The quantitative estimate of drug-likeness (QED) is 0.438. The molecule has 0 saturated carbocycles. The monoisotopic (exact) mass is 254 g/mol. The van der Waals surface area contributed by atoms with E-state index in [2.05, 4.69) is 17.1 Å². The maximum atomic E-state index is 10.7. The van der Waals surface area contributed by atoms with Crippen LogP contribution >= 0.6 is 11.3 Å². The van der Waals surface area contributed by atoms with Gasteiger partial charge < -0.3 is 10.6 Å². The average Bonchev–Trinajstić information content (AvgIpc) is 2.75. The highest BCUT2D eigenvalue weighted by Crippen LogP contribution is 2.11. The summed E-state index contributed by atoms with van der Waals surface area (Å²) < 4.78 is 0. The Morgan fingerprint density at radius 1 is 1.59 bits per heavy atom. The average molecular weight is 254 g/mol. The lowest BCUT2D eigenvalue weighted by Gasteiger charge is -1.99. The number of aromatic nitrogens is 1. The second-order valence-electron chi connectivity index (χ2n) is 3.51. The lowest BCUT2D eigenvalue weighted by Crippen LogP contribution is -2.04. The van der Waals surface area contributed by atoms with E-state index in [0.717, 1.165) is 12.8 Å². The Hall–Kier alpha value is -1.43. The minimum absolute atomic E-state index is 0.0634. The Labute approximate surface area is 105 Å². The van der Waals surface area contributed by atoms with Crippen molar-refractivity contribution < 1.29 is 9.63 Å². The molecule has 0 amide bonds. The lowest BCUT2D eigenvalue weighted by molar-refractivity contribution is 0.140. The summed E-state index contributed by atoms with van der Waals surface area (Å²) in [5.41, 5.74) is 5.94. The van der Waals surface area contributed by atoms with Gasteiger partial charge in [0.25, 0.3) is 6.29 Å². The molecule has 1 aromatic heterocycles. The van der Waals surface area contributed by atoms with Gasteiger partial charge in [-0.1, -0.05) is 24.9 Å². The van der Waals surface area contributed by atoms with E-state index in [1.165, 1.54) is 24.2 Å². The van der Waals surface area contributed by atoms with Gasteiger partial charge in [-0.3, -0.25) is 4.79 Å². The summed E-state index contributed by atoms with van der Waals surface area (Å²) in [6, 6.07) is 0. The van der Waals surface area contributed by atoms with Gasteiger partial charge in [-0.15, -0.1) is 11.3 Å². The number of hydrogen-bond acceptors (Lipinski definition) is 6. The summed E-state index contributed by atoms with van der Waals surface area (Å²) in [7, 11) is 0. The number of anilines is 1. The number of hydrogen-bond donors (Lipinski definition) is 1. The summed E-state index contributed by atoms with van der Waals surface area (Å²) >= 11 is 1.25. The first-order chi connectivity index (χ1) is 8.27. The van der Waals surface area contributed by atoms with Crippen molar-refractivity contribution in [3.8, 4) is 0 Å². The highest BCUT2D eigenvalue weighted by atomic mass is 32.1. The molecule has 0 aliphatic rings. The van der Waals surface area contributed by atoms with Crippen LogP contribution in [0.3, 0.4) is 0 Å². The van der Waals surface area contributed by atoms with Crippen molar-refractivity contribution in [2.45, 2.75) is 32.6 Å². The van der Waals surface area contributed by atoms with Crippen molar-refractivity contribution in [1.29, 1.82) is 0 Å². The van der Waals surface area contributed by atoms with E-state index < -0.39 is 0 Å². The minimum Gasteiger partial charge on any atom is -0.395 e. The number of rotatable bonds is 8. The van der Waals surface area contributed by atoms with Gasteiger partial charge in [-0.2, -0.15) is 0 Å². The van der Waals surface area contributed by atoms with Crippen molar-refractivity contribution in [2.24, 2.45) is 5.16 Å². The van der Waals surface area contributed by atoms with Crippen molar-refractivity contribution in [1.82, 2.24) is 4.98 Å². The summed E-state index contributed by atoms with van der Waals surface area (Å²) in [5, 5.41) is 5.75. The molecule has 0 aliphatic heterocycles. The predicted molar refractivity (Wildman–Crippen MR) is 68.9 cm³/mol. The van der Waals surface area contributed by atoms with Gasteiger partial charge in [0.2, 0.25) is 0 Å². The van der Waals surface area contributed by atoms with Gasteiger partial charge in [0.15, 0.2) is 10.8 Å². The molecule has 1 rings (SSSR count). The number of oxime groups is 1. The summed E-state index contributed by atoms with van der Waals surface area (Å²) in [6.07, 6.45) is 6.10. The van der Waals surface area contributed by atoms with Crippen LogP contribution in [-0.2, 0) is 9.63 Å². The molecule has 0 aliphatic carbocycles. The Kier molecular flexibility index (Phi) is 6.24. The fourth-order valence-electron chi connectivity index (χ4n) is 1.22. The third-order valence-corrected chi connectivity index (χ3v) is 2.78. The zero-order valence-corrected chi connectivity index (χ0v) is 10.6. The molecule has 0 atom stereocenters. The van der Waals surface area contributed by atoms with Crippen molar-refractivity contribution in [3.05, 3.63) is 11.1 Å². The molecular formula is C11H16N3O2S. The van der Waals surface area contributed by atoms with Crippen LogP contribution < -0.4 is 5.73 Å². The summed E-state index contributed by atoms with van der Waals surface area (Å²) in [4.78, 5) is 19.6. The molecule has 93 valence electrons. The standard InChI is InChI=1S/C11H16N3O2S/c1-2-3-4-5-6-16-14-9(7-15)10-8-17-11(12)13-10/h8H,2-6H2,1H3,(H2,12,13)/b14-9+. The summed E-state index contributed by atoms with van der Waals surface area (Å²) in [5.74, 6) is 0. The molecule has 17 heavy (non-hydrogen) atoms. The molecule has 0 unspecified atom stereocenters. The Balaban J connectivity index is 2.37. The molecule has 5 nitrogen and oxygen atoms in total. The van der Waals surface area contributed by atoms with Gasteiger partial charge in [0.1, 0.15) is 12.3 Å². The van der Waals surface area contributed by atoms with Crippen LogP contribution in [0.1, 0.15) is 38.3 Å². The largest absolute Gasteiger partial charge is 0.395 e. The molecule has 0 bridgehead atoms. The van der Waals surface area contributed by atoms with Crippen LogP contribution in [0.5, 0.6) is 0 Å². The van der Waals surface area contributed by atoms with Crippen LogP contribution in [0, 0.1) is 0 Å². The number of carbonyl (C=O) groups excluding carboxylic acids is 1. The smallest absolute Gasteiger partial charge is 0.259 e. The van der Waals surface area contributed by atoms with E-state index in [1.54, 1.807) is 11.7 Å². The molecule has 1 aromatic rings. The maximum Gasteiger partial charge on any atom is 0.259 e. The number of nitrogens with two attached hydrogens (primary N) is 1. The van der Waals surface area contributed by atoms with Crippen LogP contribution in [0.2, 0.25) is 0 Å². The van der Waals surface area contributed by atoms with E-state index in [0.29, 0.717) is 17.4 Å². The number of nitrogens with zero attached hydrogens (tertiary/aromatic N) is 2. The molecule has 2 N–H and O–H groups in total. The SMILES string of the molecule is CCCCCCO/N=C(\[C]=O)c1csc(N)n1. The molecule has 0 saturated heterocycles. The Morgan fingerprint density at radius 2 is 2.41 bits per heavy atom. The van der Waals surface area contributed by atoms with E-state index in [4.69, 9.17) is 10.6 Å². The zero-order chi connectivity index (χ0) is 12.5. The Morgan fingerprint density at radius 3 is 3.00 bits per heavy atom. The first kappa shape index (κ1) is 13.6. The van der Waals surface area contributed by atoms with Crippen molar-refractivity contribution in [2.75, 3.05) is 12.3 Å². The zero-order valence-electron chi connectivity index (χ0n) is 9.81. The lowest BCUT2D eigenvalue weighted by atomic mass is 10.2. The van der Waals surface area contributed by atoms with Crippen molar-refractivity contribution in [3.63, 3.8) is 0 Å². The van der Waals surface area contributed by atoms with E-state index >= 15 is 0 Å². The van der Waals surface area contributed by atoms with Crippen LogP contribution in [0.15, 0.2) is 10.5 Å². The third kappa shape index (κ3) is 4.95. The first-order valence-corrected chi connectivity index (χ1v) is 6.45. The highest BCUT2D eigenvalue weighted by Gasteiger charge is 2.08. The second-order valence-corrected chi connectivity index (χ2v) is 4.40. The van der Waals surface area contributed by atoms with Crippen LogP contribution in [0.4, 0.5) is 5.13 Å².